The largest absolute Gasteiger partial charge is 0.497 e. The molecular formula is C24H25N3O3. The highest BCUT2D eigenvalue weighted by Gasteiger charge is 2.17. The van der Waals surface area contributed by atoms with E-state index in [1.807, 2.05) is 23.1 Å². The number of aryl methyl sites for hydroxylation is 1. The predicted molar refractivity (Wildman–Crippen MR) is 117 cm³/mol. The Hall–Kier alpha value is -3.41. The van der Waals surface area contributed by atoms with Gasteiger partial charge in [-0.25, -0.2) is 4.98 Å². The summed E-state index contributed by atoms with van der Waals surface area (Å²) < 4.78 is 5.23. The van der Waals surface area contributed by atoms with Gasteiger partial charge in [-0.15, -0.1) is 0 Å². The van der Waals surface area contributed by atoms with Gasteiger partial charge in [-0.3, -0.25) is 9.59 Å². The second kappa shape index (κ2) is 8.95. The molecule has 6 heteroatoms. The van der Waals surface area contributed by atoms with Gasteiger partial charge in [-0.05, 0) is 65.8 Å². The van der Waals surface area contributed by atoms with Crippen LogP contribution in [-0.4, -0.2) is 41.9 Å². The summed E-state index contributed by atoms with van der Waals surface area (Å²) in [4.78, 5) is 30.3. The second-order valence-electron chi connectivity index (χ2n) is 7.50. The van der Waals surface area contributed by atoms with Gasteiger partial charge in [0, 0.05) is 31.8 Å². The van der Waals surface area contributed by atoms with Crippen LogP contribution in [0.3, 0.4) is 0 Å². The van der Waals surface area contributed by atoms with Crippen molar-refractivity contribution in [3.05, 3.63) is 65.4 Å². The van der Waals surface area contributed by atoms with Crippen LogP contribution < -0.4 is 10.1 Å². The number of carbonyl (C=O) groups excluding carboxylic acids is 2. The van der Waals surface area contributed by atoms with Gasteiger partial charge in [0.2, 0.25) is 11.8 Å². The van der Waals surface area contributed by atoms with Gasteiger partial charge in [-0.2, -0.15) is 0 Å². The second-order valence-corrected chi connectivity index (χ2v) is 7.50. The first-order chi connectivity index (χ1) is 14.6. The van der Waals surface area contributed by atoms with Crippen LogP contribution in [0.2, 0.25) is 0 Å². The number of carbonyl (C=O) groups is 2. The molecule has 6 nitrogen and oxygen atoms in total. The standard InChI is InChI=1S/C24H25N3O3/c1-30-21-8-5-19(6-9-21)18-3-2-13-27(14-12-18)23(29)11-4-17-15-20-7-10-22(28)26-24(20)25-16-17/h4-6,8-9,11-12,15-16H,2-3,7,10,13-14H2,1H3,(H,25,26,28)/b11-4+. The fourth-order valence-corrected chi connectivity index (χ4v) is 3.78. The average molecular weight is 403 g/mol. The van der Waals surface area contributed by atoms with Gasteiger partial charge in [0.25, 0.3) is 0 Å². The lowest BCUT2D eigenvalue weighted by atomic mass is 10.0. The van der Waals surface area contributed by atoms with Crippen LogP contribution >= 0.6 is 0 Å². The van der Waals surface area contributed by atoms with Crippen LogP contribution in [0.1, 0.15) is 36.0 Å². The molecule has 0 spiro atoms. The Morgan fingerprint density at radius 2 is 2.03 bits per heavy atom. The first kappa shape index (κ1) is 19.9. The molecule has 0 saturated carbocycles. The summed E-state index contributed by atoms with van der Waals surface area (Å²) in [6, 6.07) is 10.0. The smallest absolute Gasteiger partial charge is 0.246 e. The number of hydrogen-bond acceptors (Lipinski definition) is 4. The molecule has 2 aliphatic rings. The Balaban J connectivity index is 1.41. The lowest BCUT2D eigenvalue weighted by Gasteiger charge is -2.17. The van der Waals surface area contributed by atoms with Crippen molar-refractivity contribution >= 4 is 29.3 Å². The molecule has 1 N–H and O–H groups in total. The molecule has 0 atom stereocenters. The molecule has 0 unspecified atom stereocenters. The number of fused-ring (bicyclic) bond motifs is 1. The number of rotatable bonds is 4. The molecule has 2 amide bonds. The van der Waals surface area contributed by atoms with Crippen LogP contribution in [0.25, 0.3) is 11.6 Å². The van der Waals surface area contributed by atoms with Crippen molar-refractivity contribution in [2.24, 2.45) is 0 Å². The van der Waals surface area contributed by atoms with Crippen LogP contribution in [0.15, 0.2) is 48.7 Å². The minimum atomic E-state index is -0.00625. The molecule has 0 radical (unpaired) electrons. The number of hydrogen-bond donors (Lipinski definition) is 1. The topological polar surface area (TPSA) is 71.5 Å². The van der Waals surface area contributed by atoms with Gasteiger partial charge < -0.3 is 15.0 Å². The lowest BCUT2D eigenvalue weighted by Crippen LogP contribution is -2.29. The molecular weight excluding hydrogens is 378 g/mol. The van der Waals surface area contributed by atoms with Crippen LogP contribution in [-0.2, 0) is 16.0 Å². The van der Waals surface area contributed by atoms with Gasteiger partial charge >= 0.3 is 0 Å². The number of anilines is 1. The molecule has 0 aliphatic carbocycles. The Morgan fingerprint density at radius 1 is 1.20 bits per heavy atom. The Kier molecular flexibility index (Phi) is 5.93. The Morgan fingerprint density at radius 3 is 2.83 bits per heavy atom. The number of allylic oxidation sites excluding steroid dienone is 1. The highest BCUT2D eigenvalue weighted by molar-refractivity contribution is 5.94. The first-order valence-corrected chi connectivity index (χ1v) is 10.2. The Bertz CT molecular complexity index is 1010. The van der Waals surface area contributed by atoms with Crippen LogP contribution in [0.5, 0.6) is 5.75 Å². The summed E-state index contributed by atoms with van der Waals surface area (Å²) >= 11 is 0. The van der Waals surface area contributed by atoms with Crippen molar-refractivity contribution in [2.75, 3.05) is 25.5 Å². The van der Waals surface area contributed by atoms with Crippen LogP contribution in [0, 0.1) is 0 Å². The number of benzene rings is 1. The minimum absolute atomic E-state index is 0.00306. The van der Waals surface area contributed by atoms with Crippen molar-refractivity contribution in [2.45, 2.75) is 25.7 Å². The van der Waals surface area contributed by atoms with Crippen molar-refractivity contribution in [1.29, 1.82) is 0 Å². The van der Waals surface area contributed by atoms with E-state index in [2.05, 4.69) is 28.5 Å². The third kappa shape index (κ3) is 4.59. The summed E-state index contributed by atoms with van der Waals surface area (Å²) in [6.07, 6.45) is 10.2. The normalized spacial score (nSPS) is 16.5. The maximum Gasteiger partial charge on any atom is 0.246 e. The van der Waals surface area contributed by atoms with E-state index in [-0.39, 0.29) is 11.8 Å². The van der Waals surface area contributed by atoms with E-state index in [1.165, 1.54) is 11.1 Å². The fourth-order valence-electron chi connectivity index (χ4n) is 3.78. The highest BCUT2D eigenvalue weighted by Crippen LogP contribution is 2.25. The highest BCUT2D eigenvalue weighted by atomic mass is 16.5. The summed E-state index contributed by atoms with van der Waals surface area (Å²) in [6.45, 7) is 1.33. The van der Waals surface area contributed by atoms with Crippen molar-refractivity contribution in [1.82, 2.24) is 9.88 Å². The SMILES string of the molecule is COc1ccc(C2=CCN(C(=O)/C=C/c3cnc4c(c3)CCC(=O)N4)CCC2)cc1. The minimum Gasteiger partial charge on any atom is -0.497 e. The van der Waals surface area contributed by atoms with Crippen LogP contribution in [0.4, 0.5) is 5.82 Å². The quantitative estimate of drug-likeness (QED) is 0.791. The van der Waals surface area contributed by atoms with Crippen molar-refractivity contribution < 1.29 is 14.3 Å². The zero-order chi connectivity index (χ0) is 20.9. The molecule has 4 rings (SSSR count). The number of amides is 2. The van der Waals surface area contributed by atoms with E-state index in [4.69, 9.17) is 4.74 Å². The molecule has 1 aromatic heterocycles. The van der Waals surface area contributed by atoms with Gasteiger partial charge in [0.1, 0.15) is 11.6 Å². The molecule has 30 heavy (non-hydrogen) atoms. The number of methoxy groups -OCH3 is 1. The lowest BCUT2D eigenvalue weighted by molar-refractivity contribution is -0.125. The summed E-state index contributed by atoms with van der Waals surface area (Å²) in [7, 11) is 1.66. The van der Waals surface area contributed by atoms with Gasteiger partial charge in [0.05, 0.1) is 7.11 Å². The zero-order valence-corrected chi connectivity index (χ0v) is 17.1. The monoisotopic (exact) mass is 403 g/mol. The third-order valence-corrected chi connectivity index (χ3v) is 5.49. The maximum absolute atomic E-state index is 12.7. The van der Waals surface area contributed by atoms with E-state index in [0.29, 0.717) is 25.2 Å². The van der Waals surface area contributed by atoms with E-state index in [1.54, 1.807) is 25.5 Å². The average Bonchev–Trinajstić information content (AvgIpc) is 3.04. The predicted octanol–water partition coefficient (Wildman–Crippen LogP) is 3.69. The molecule has 2 aromatic rings. The fraction of sp³-hybridized carbons (Fsp3) is 0.292. The van der Waals surface area contributed by atoms with Gasteiger partial charge in [0.15, 0.2) is 0 Å². The molecule has 0 saturated heterocycles. The van der Waals surface area contributed by atoms with E-state index in [9.17, 15) is 9.59 Å². The Labute approximate surface area is 176 Å². The van der Waals surface area contributed by atoms with Crippen molar-refractivity contribution in [3.63, 3.8) is 0 Å². The molecule has 1 aromatic carbocycles. The number of nitrogens with one attached hydrogen (secondary N) is 1. The summed E-state index contributed by atoms with van der Waals surface area (Å²) in [5.41, 5.74) is 4.30. The molecule has 0 bridgehead atoms. The number of pyridine rings is 1. The number of nitrogens with zero attached hydrogens (tertiary/aromatic N) is 2. The van der Waals surface area contributed by atoms with E-state index in [0.717, 1.165) is 36.3 Å². The zero-order valence-electron chi connectivity index (χ0n) is 17.1. The molecule has 3 heterocycles. The van der Waals surface area contributed by atoms with Crippen molar-refractivity contribution in [3.8, 4) is 5.75 Å². The summed E-state index contributed by atoms with van der Waals surface area (Å²) in [5, 5.41) is 2.77. The molecule has 154 valence electrons. The molecule has 0 fully saturated rings. The number of aromatic nitrogens is 1. The maximum atomic E-state index is 12.7. The first-order valence-electron chi connectivity index (χ1n) is 10.2. The molecule has 2 aliphatic heterocycles. The van der Waals surface area contributed by atoms with E-state index < -0.39 is 0 Å². The van der Waals surface area contributed by atoms with E-state index >= 15 is 0 Å². The number of ether oxygens (including phenoxy) is 1. The van der Waals surface area contributed by atoms with Gasteiger partial charge in [-0.1, -0.05) is 18.2 Å². The summed E-state index contributed by atoms with van der Waals surface area (Å²) in [5.74, 6) is 1.46. The third-order valence-electron chi connectivity index (χ3n) is 5.49.